The third-order valence-corrected chi connectivity index (χ3v) is 4.46. The number of furan rings is 1. The number of benzene rings is 3. The normalized spacial score (nSPS) is 10.8. The second kappa shape index (κ2) is 6.98. The summed E-state index contributed by atoms with van der Waals surface area (Å²) in [5.74, 6) is 0.375. The van der Waals surface area contributed by atoms with E-state index in [1.165, 1.54) is 6.07 Å². The van der Waals surface area contributed by atoms with E-state index in [9.17, 15) is 4.39 Å². The summed E-state index contributed by atoms with van der Waals surface area (Å²) in [5, 5.41) is 0. The first-order chi connectivity index (χ1) is 12.7. The predicted molar refractivity (Wildman–Crippen MR) is 103 cm³/mol. The van der Waals surface area contributed by atoms with Crippen LogP contribution in [-0.2, 0) is 6.54 Å². The zero-order chi connectivity index (χ0) is 17.9. The molecule has 0 radical (unpaired) electrons. The van der Waals surface area contributed by atoms with E-state index in [0.717, 1.165) is 22.3 Å². The standard InChI is InChI=1S/C23H18FNO/c24-22-12-19(10-11-21(22)18-4-2-1-3-5-18)23-13-20(15-26-23)17-8-6-16(14-25)7-9-17/h1-13,15H,14,25H2. The van der Waals surface area contributed by atoms with Crippen LogP contribution in [0.25, 0.3) is 33.6 Å². The molecule has 0 spiro atoms. The van der Waals surface area contributed by atoms with E-state index in [4.69, 9.17) is 10.2 Å². The highest BCUT2D eigenvalue weighted by Gasteiger charge is 2.11. The Hall–Kier alpha value is -3.17. The van der Waals surface area contributed by atoms with Gasteiger partial charge in [0.2, 0.25) is 0 Å². The lowest BCUT2D eigenvalue weighted by molar-refractivity contribution is 0.581. The Morgan fingerprint density at radius 2 is 1.46 bits per heavy atom. The highest BCUT2D eigenvalue weighted by Crippen LogP contribution is 2.31. The number of hydrogen-bond donors (Lipinski definition) is 1. The van der Waals surface area contributed by atoms with Crippen molar-refractivity contribution >= 4 is 0 Å². The first-order valence-electron chi connectivity index (χ1n) is 8.48. The summed E-state index contributed by atoms with van der Waals surface area (Å²) in [6.07, 6.45) is 1.69. The lowest BCUT2D eigenvalue weighted by Crippen LogP contribution is -1.94. The summed E-state index contributed by atoms with van der Waals surface area (Å²) in [7, 11) is 0. The average molecular weight is 343 g/mol. The summed E-state index contributed by atoms with van der Waals surface area (Å²) in [5.41, 5.74) is 10.9. The molecule has 0 saturated carbocycles. The number of halogens is 1. The molecule has 0 amide bonds. The Kier molecular flexibility index (Phi) is 4.38. The molecule has 4 aromatic rings. The van der Waals surface area contributed by atoms with Crippen LogP contribution in [0.3, 0.4) is 0 Å². The van der Waals surface area contributed by atoms with Crippen LogP contribution in [0.1, 0.15) is 5.56 Å². The molecule has 2 nitrogen and oxygen atoms in total. The molecule has 0 aliphatic rings. The smallest absolute Gasteiger partial charge is 0.134 e. The van der Waals surface area contributed by atoms with Crippen LogP contribution in [-0.4, -0.2) is 0 Å². The van der Waals surface area contributed by atoms with Crippen molar-refractivity contribution in [1.82, 2.24) is 0 Å². The van der Waals surface area contributed by atoms with Crippen LogP contribution in [0, 0.1) is 5.82 Å². The fourth-order valence-corrected chi connectivity index (χ4v) is 2.99. The second-order valence-corrected chi connectivity index (χ2v) is 6.16. The third kappa shape index (κ3) is 3.17. The van der Waals surface area contributed by atoms with Crippen molar-refractivity contribution < 1.29 is 8.81 Å². The summed E-state index contributed by atoms with van der Waals surface area (Å²) in [4.78, 5) is 0. The molecule has 0 fully saturated rings. The number of rotatable bonds is 4. The van der Waals surface area contributed by atoms with Crippen molar-refractivity contribution in [1.29, 1.82) is 0 Å². The fourth-order valence-electron chi connectivity index (χ4n) is 2.99. The molecule has 1 heterocycles. The molecular formula is C23H18FNO. The minimum Gasteiger partial charge on any atom is -0.464 e. The third-order valence-electron chi connectivity index (χ3n) is 4.46. The molecule has 0 saturated heterocycles. The van der Waals surface area contributed by atoms with Gasteiger partial charge in [-0.3, -0.25) is 0 Å². The Bertz CT molecular complexity index is 1020. The molecule has 1 aromatic heterocycles. The largest absolute Gasteiger partial charge is 0.464 e. The van der Waals surface area contributed by atoms with Gasteiger partial charge in [-0.1, -0.05) is 66.7 Å². The van der Waals surface area contributed by atoms with Gasteiger partial charge in [-0.15, -0.1) is 0 Å². The predicted octanol–water partition coefficient (Wildman–Crippen LogP) is 5.88. The lowest BCUT2D eigenvalue weighted by Gasteiger charge is -2.05. The quantitative estimate of drug-likeness (QED) is 0.503. The number of nitrogens with two attached hydrogens (primary N) is 1. The first kappa shape index (κ1) is 16.3. The van der Waals surface area contributed by atoms with Crippen LogP contribution in [0.5, 0.6) is 0 Å². The molecular weight excluding hydrogens is 325 g/mol. The van der Waals surface area contributed by atoms with Crippen LogP contribution in [0.15, 0.2) is 89.5 Å². The summed E-state index contributed by atoms with van der Waals surface area (Å²) in [6.45, 7) is 0.518. The van der Waals surface area contributed by atoms with Crippen LogP contribution >= 0.6 is 0 Å². The highest BCUT2D eigenvalue weighted by atomic mass is 19.1. The molecule has 0 atom stereocenters. The second-order valence-electron chi connectivity index (χ2n) is 6.16. The Morgan fingerprint density at radius 3 is 2.15 bits per heavy atom. The molecule has 0 bridgehead atoms. The molecule has 128 valence electrons. The maximum Gasteiger partial charge on any atom is 0.134 e. The molecule has 0 aliphatic heterocycles. The van der Waals surface area contributed by atoms with Crippen molar-refractivity contribution in [2.24, 2.45) is 5.73 Å². The zero-order valence-electron chi connectivity index (χ0n) is 14.2. The maximum atomic E-state index is 14.6. The van der Waals surface area contributed by atoms with Gasteiger partial charge in [-0.05, 0) is 28.8 Å². The van der Waals surface area contributed by atoms with Gasteiger partial charge in [0.15, 0.2) is 0 Å². The fraction of sp³-hybridized carbons (Fsp3) is 0.0435. The molecule has 0 aliphatic carbocycles. The van der Waals surface area contributed by atoms with Gasteiger partial charge in [0.25, 0.3) is 0 Å². The van der Waals surface area contributed by atoms with Crippen LogP contribution in [0.4, 0.5) is 4.39 Å². The highest BCUT2D eigenvalue weighted by molar-refractivity contribution is 5.73. The topological polar surface area (TPSA) is 39.2 Å². The SMILES string of the molecule is NCc1ccc(-c2coc(-c3ccc(-c4ccccc4)c(F)c3)c2)cc1. The van der Waals surface area contributed by atoms with E-state index in [2.05, 4.69) is 0 Å². The van der Waals surface area contributed by atoms with Crippen molar-refractivity contribution in [2.75, 3.05) is 0 Å². The van der Waals surface area contributed by atoms with E-state index in [0.29, 0.717) is 23.4 Å². The minimum absolute atomic E-state index is 0.265. The molecule has 26 heavy (non-hydrogen) atoms. The van der Waals surface area contributed by atoms with Gasteiger partial charge in [0.1, 0.15) is 11.6 Å². The average Bonchev–Trinajstić information content (AvgIpc) is 3.19. The molecule has 3 aromatic carbocycles. The minimum atomic E-state index is -0.265. The van der Waals surface area contributed by atoms with Crippen molar-refractivity contribution in [2.45, 2.75) is 6.54 Å². The van der Waals surface area contributed by atoms with E-state index >= 15 is 0 Å². The first-order valence-corrected chi connectivity index (χ1v) is 8.48. The van der Waals surface area contributed by atoms with Gasteiger partial charge >= 0.3 is 0 Å². The molecule has 3 heteroatoms. The number of hydrogen-bond acceptors (Lipinski definition) is 2. The summed E-state index contributed by atoms with van der Waals surface area (Å²) >= 11 is 0. The molecule has 4 rings (SSSR count). The van der Waals surface area contributed by atoms with Crippen LogP contribution < -0.4 is 5.73 Å². The van der Waals surface area contributed by atoms with E-state index in [1.54, 1.807) is 12.3 Å². The van der Waals surface area contributed by atoms with Gasteiger partial charge < -0.3 is 10.2 Å². The van der Waals surface area contributed by atoms with Crippen molar-refractivity contribution in [3.8, 4) is 33.6 Å². The van der Waals surface area contributed by atoms with E-state index in [1.807, 2.05) is 66.7 Å². The summed E-state index contributed by atoms with van der Waals surface area (Å²) < 4.78 is 20.3. The Labute approximate surface area is 151 Å². The van der Waals surface area contributed by atoms with Crippen molar-refractivity contribution in [3.63, 3.8) is 0 Å². The molecule has 2 N–H and O–H groups in total. The van der Waals surface area contributed by atoms with Crippen LogP contribution in [0.2, 0.25) is 0 Å². The zero-order valence-corrected chi connectivity index (χ0v) is 14.2. The Morgan fingerprint density at radius 1 is 0.731 bits per heavy atom. The lowest BCUT2D eigenvalue weighted by atomic mass is 10.0. The van der Waals surface area contributed by atoms with Gasteiger partial charge in [0, 0.05) is 23.2 Å². The Balaban J connectivity index is 1.64. The van der Waals surface area contributed by atoms with E-state index in [-0.39, 0.29) is 5.82 Å². The van der Waals surface area contributed by atoms with E-state index < -0.39 is 0 Å². The monoisotopic (exact) mass is 343 g/mol. The van der Waals surface area contributed by atoms with Gasteiger partial charge in [-0.25, -0.2) is 4.39 Å². The van der Waals surface area contributed by atoms with Crippen molar-refractivity contribution in [3.05, 3.63) is 96.5 Å². The molecule has 0 unspecified atom stereocenters. The maximum absolute atomic E-state index is 14.6. The van der Waals surface area contributed by atoms with Gasteiger partial charge in [0.05, 0.1) is 6.26 Å². The summed E-state index contributed by atoms with van der Waals surface area (Å²) in [6, 6.07) is 24.6. The van der Waals surface area contributed by atoms with Gasteiger partial charge in [-0.2, -0.15) is 0 Å².